The van der Waals surface area contributed by atoms with Crippen LogP contribution >= 0.6 is 0 Å². The number of carbonyl (C=O) groups is 1. The molecule has 1 fully saturated rings. The van der Waals surface area contributed by atoms with Gasteiger partial charge in [0.05, 0.1) is 0 Å². The molecule has 7 nitrogen and oxygen atoms in total. The van der Waals surface area contributed by atoms with E-state index in [4.69, 9.17) is 5.73 Å². The van der Waals surface area contributed by atoms with Gasteiger partial charge in [-0.25, -0.2) is 0 Å². The van der Waals surface area contributed by atoms with Crippen molar-refractivity contribution in [3.63, 3.8) is 0 Å². The van der Waals surface area contributed by atoms with Gasteiger partial charge in [-0.05, 0) is 0 Å². The smallest absolute Gasteiger partial charge is 0.294 e. The Morgan fingerprint density at radius 3 is 2.40 bits per heavy atom. The molecule has 0 spiro atoms. The Bertz CT molecular complexity index is 238. The van der Waals surface area contributed by atoms with E-state index in [0.717, 1.165) is 19.6 Å². The highest BCUT2D eigenvalue weighted by molar-refractivity contribution is 5.77. The third-order valence-electron chi connectivity index (χ3n) is 2.43. The maximum Gasteiger partial charge on any atom is 0.294 e. The van der Waals surface area contributed by atoms with Gasteiger partial charge in [0, 0.05) is 44.2 Å². The molecule has 0 aliphatic carbocycles. The normalized spacial score (nSPS) is 17.8. The van der Waals surface area contributed by atoms with Gasteiger partial charge in [0.2, 0.25) is 0 Å². The molecule has 0 atom stereocenters. The minimum Gasteiger partial charge on any atom is -0.334 e. The number of piperazine rings is 1. The van der Waals surface area contributed by atoms with Crippen LogP contribution in [0.15, 0.2) is 0 Å². The fourth-order valence-electron chi connectivity index (χ4n) is 1.61. The first-order chi connectivity index (χ1) is 7.13. The molecular formula is C8H16N4O3. The van der Waals surface area contributed by atoms with Crippen LogP contribution in [-0.4, -0.2) is 66.4 Å². The van der Waals surface area contributed by atoms with E-state index in [-0.39, 0.29) is 0 Å². The molecule has 0 aromatic carbocycles. The number of carbonyl (C=O) groups excluding carboxylic acids is 1. The second-order valence-electron chi connectivity index (χ2n) is 3.50. The van der Waals surface area contributed by atoms with Gasteiger partial charge in [-0.3, -0.25) is 19.8 Å². The Morgan fingerprint density at radius 1 is 1.33 bits per heavy atom. The summed E-state index contributed by atoms with van der Waals surface area (Å²) in [5.74, 6) is -0.396. The minimum absolute atomic E-state index is 0.396. The van der Waals surface area contributed by atoms with Crippen LogP contribution in [0.1, 0.15) is 0 Å². The van der Waals surface area contributed by atoms with Crippen molar-refractivity contribution in [3.05, 3.63) is 10.1 Å². The van der Waals surface area contributed by atoms with Crippen LogP contribution in [-0.2, 0) is 4.79 Å². The molecule has 0 saturated carbocycles. The topological polar surface area (TPSA) is 92.7 Å². The first kappa shape index (κ1) is 11.9. The third-order valence-corrected chi connectivity index (χ3v) is 2.43. The molecule has 1 aliphatic heterocycles. The number of hydrogen-bond donors (Lipinski definition) is 1. The highest BCUT2D eigenvalue weighted by Crippen LogP contribution is 2.01. The summed E-state index contributed by atoms with van der Waals surface area (Å²) in [5, 5.41) is 10.2. The van der Waals surface area contributed by atoms with Crippen molar-refractivity contribution in [1.29, 1.82) is 0 Å². The Balaban J connectivity index is 2.30. The molecule has 0 unspecified atom stereocenters. The van der Waals surface area contributed by atoms with Gasteiger partial charge < -0.3 is 10.6 Å². The molecule has 0 aromatic rings. The average molecular weight is 216 g/mol. The molecule has 7 heteroatoms. The summed E-state index contributed by atoms with van der Waals surface area (Å²) in [6.07, 6.45) is 0. The van der Waals surface area contributed by atoms with E-state index in [2.05, 4.69) is 4.90 Å². The van der Waals surface area contributed by atoms with Crippen LogP contribution in [0.3, 0.4) is 0 Å². The number of amides is 1. The van der Waals surface area contributed by atoms with E-state index >= 15 is 0 Å². The monoisotopic (exact) mass is 216 g/mol. The first-order valence-corrected chi connectivity index (χ1v) is 4.95. The predicted molar refractivity (Wildman–Crippen MR) is 53.9 cm³/mol. The van der Waals surface area contributed by atoms with Gasteiger partial charge >= 0.3 is 0 Å². The lowest BCUT2D eigenvalue weighted by Gasteiger charge is -2.33. The second-order valence-corrected chi connectivity index (χ2v) is 3.50. The van der Waals surface area contributed by atoms with E-state index in [1.165, 1.54) is 4.90 Å². The number of nitrogens with zero attached hydrogens (tertiary/aromatic N) is 3. The van der Waals surface area contributed by atoms with Gasteiger partial charge in [-0.2, -0.15) is 0 Å². The maximum atomic E-state index is 11.3. The van der Waals surface area contributed by atoms with Crippen LogP contribution in [0.2, 0.25) is 0 Å². The zero-order valence-corrected chi connectivity index (χ0v) is 8.59. The van der Waals surface area contributed by atoms with E-state index in [9.17, 15) is 14.9 Å². The van der Waals surface area contributed by atoms with Crippen molar-refractivity contribution < 1.29 is 9.72 Å². The molecule has 1 heterocycles. The SMILES string of the molecule is NCCN1CCN(C(=O)C[N+](=O)[O-])CC1. The Kier molecular flexibility index (Phi) is 4.44. The molecule has 1 amide bonds. The van der Waals surface area contributed by atoms with Crippen molar-refractivity contribution in [1.82, 2.24) is 9.80 Å². The van der Waals surface area contributed by atoms with E-state index in [1.54, 1.807) is 0 Å². The van der Waals surface area contributed by atoms with Crippen molar-refractivity contribution >= 4 is 5.91 Å². The largest absolute Gasteiger partial charge is 0.334 e. The molecule has 1 saturated heterocycles. The zero-order chi connectivity index (χ0) is 11.3. The third kappa shape index (κ3) is 3.80. The zero-order valence-electron chi connectivity index (χ0n) is 8.59. The van der Waals surface area contributed by atoms with E-state index in [0.29, 0.717) is 19.6 Å². The summed E-state index contributed by atoms with van der Waals surface area (Å²) < 4.78 is 0. The van der Waals surface area contributed by atoms with Gasteiger partial charge in [-0.15, -0.1) is 0 Å². The second kappa shape index (κ2) is 5.62. The molecule has 15 heavy (non-hydrogen) atoms. The molecular weight excluding hydrogens is 200 g/mol. The van der Waals surface area contributed by atoms with Crippen LogP contribution in [0.5, 0.6) is 0 Å². The summed E-state index contributed by atoms with van der Waals surface area (Å²) >= 11 is 0. The molecule has 2 N–H and O–H groups in total. The van der Waals surface area contributed by atoms with E-state index < -0.39 is 17.4 Å². The fourth-order valence-corrected chi connectivity index (χ4v) is 1.61. The minimum atomic E-state index is -0.600. The predicted octanol–water partition coefficient (Wildman–Crippen LogP) is -1.63. The van der Waals surface area contributed by atoms with Crippen LogP contribution < -0.4 is 5.73 Å². The standard InChI is InChI=1S/C8H16N4O3/c9-1-2-10-3-5-11(6-4-10)8(13)7-12(14)15/h1-7,9H2. The first-order valence-electron chi connectivity index (χ1n) is 4.95. The lowest BCUT2D eigenvalue weighted by molar-refractivity contribution is -0.468. The number of rotatable bonds is 4. The molecule has 0 aromatic heterocycles. The lowest BCUT2D eigenvalue weighted by atomic mass is 10.3. The highest BCUT2D eigenvalue weighted by Gasteiger charge is 2.23. The molecule has 1 aliphatic rings. The maximum absolute atomic E-state index is 11.3. The summed E-state index contributed by atoms with van der Waals surface area (Å²) in [5.41, 5.74) is 5.41. The van der Waals surface area contributed by atoms with Gasteiger partial charge in [0.25, 0.3) is 12.5 Å². The number of nitrogens with two attached hydrogens (primary N) is 1. The average Bonchev–Trinajstić information content (AvgIpc) is 2.18. The quantitative estimate of drug-likeness (QED) is 0.449. The van der Waals surface area contributed by atoms with Crippen molar-refractivity contribution in [3.8, 4) is 0 Å². The van der Waals surface area contributed by atoms with Crippen molar-refractivity contribution in [2.75, 3.05) is 45.8 Å². The molecule has 0 bridgehead atoms. The highest BCUT2D eigenvalue weighted by atomic mass is 16.6. The Hall–Kier alpha value is -1.21. The molecule has 0 radical (unpaired) electrons. The number of nitro groups is 1. The molecule has 86 valence electrons. The van der Waals surface area contributed by atoms with Crippen LogP contribution in [0.25, 0.3) is 0 Å². The summed E-state index contributed by atoms with van der Waals surface area (Å²) in [6, 6.07) is 0. The van der Waals surface area contributed by atoms with Gasteiger partial charge in [0.15, 0.2) is 0 Å². The van der Waals surface area contributed by atoms with Gasteiger partial charge in [0.1, 0.15) is 0 Å². The van der Waals surface area contributed by atoms with Crippen LogP contribution in [0.4, 0.5) is 0 Å². The van der Waals surface area contributed by atoms with Crippen LogP contribution in [0, 0.1) is 10.1 Å². The lowest BCUT2D eigenvalue weighted by Crippen LogP contribution is -2.51. The van der Waals surface area contributed by atoms with Crippen molar-refractivity contribution in [2.45, 2.75) is 0 Å². The summed E-state index contributed by atoms with van der Waals surface area (Å²) in [4.78, 5) is 24.6. The fraction of sp³-hybridized carbons (Fsp3) is 0.875. The Labute approximate surface area is 88.0 Å². The Morgan fingerprint density at radius 2 is 1.93 bits per heavy atom. The summed E-state index contributed by atoms with van der Waals surface area (Å²) in [7, 11) is 0. The number of hydrogen-bond acceptors (Lipinski definition) is 5. The van der Waals surface area contributed by atoms with Gasteiger partial charge in [-0.1, -0.05) is 0 Å². The molecule has 1 rings (SSSR count). The van der Waals surface area contributed by atoms with Crippen molar-refractivity contribution in [2.24, 2.45) is 5.73 Å². The van der Waals surface area contributed by atoms with E-state index in [1.807, 2.05) is 0 Å². The summed E-state index contributed by atoms with van der Waals surface area (Å²) in [6.45, 7) is 3.44.